The average Bonchev–Trinajstić information content (AvgIpc) is 3.18. The lowest BCUT2D eigenvalue weighted by molar-refractivity contribution is -0.0722. The third kappa shape index (κ3) is 4.17. The van der Waals surface area contributed by atoms with Crippen LogP contribution < -0.4 is 0 Å². The van der Waals surface area contributed by atoms with Gasteiger partial charge in [-0.1, -0.05) is 36.8 Å². The molecule has 0 N–H and O–H groups in total. The highest BCUT2D eigenvalue weighted by Gasteiger charge is 2.36. The van der Waals surface area contributed by atoms with E-state index in [9.17, 15) is 0 Å². The van der Waals surface area contributed by atoms with Crippen molar-refractivity contribution in [3.05, 3.63) is 35.4 Å². The Morgan fingerprint density at radius 2 is 1.38 bits per heavy atom. The lowest BCUT2D eigenvalue weighted by Gasteiger charge is -2.39. The monoisotopic (exact) mass is 356 g/mol. The van der Waals surface area contributed by atoms with Crippen LogP contribution in [0.1, 0.15) is 81.8 Å². The van der Waals surface area contributed by atoms with Gasteiger partial charge in [-0.3, -0.25) is 0 Å². The zero-order valence-corrected chi connectivity index (χ0v) is 16.7. The van der Waals surface area contributed by atoms with Crippen molar-refractivity contribution >= 4 is 0 Å². The van der Waals surface area contributed by atoms with Gasteiger partial charge in [0.15, 0.2) is 6.29 Å². The Bertz CT molecular complexity index is 550. The minimum Gasteiger partial charge on any atom is -0.350 e. The Morgan fingerprint density at radius 3 is 1.96 bits per heavy atom. The van der Waals surface area contributed by atoms with Crippen molar-refractivity contribution in [3.8, 4) is 0 Å². The second kappa shape index (κ2) is 8.44. The molecule has 4 rings (SSSR count). The summed E-state index contributed by atoms with van der Waals surface area (Å²) in [6.45, 7) is 5.16. The molecule has 0 spiro atoms. The van der Waals surface area contributed by atoms with Gasteiger partial charge in [0.25, 0.3) is 0 Å². The van der Waals surface area contributed by atoms with Crippen LogP contribution in [0.2, 0.25) is 0 Å². The van der Waals surface area contributed by atoms with E-state index >= 15 is 0 Å². The topological polar surface area (TPSA) is 18.5 Å². The van der Waals surface area contributed by atoms with E-state index in [4.69, 9.17) is 9.47 Å². The molecule has 2 saturated carbocycles. The van der Waals surface area contributed by atoms with Crippen LogP contribution in [0.5, 0.6) is 0 Å². The number of hydrogen-bond acceptors (Lipinski definition) is 2. The maximum atomic E-state index is 6.08. The molecule has 3 fully saturated rings. The minimum atomic E-state index is 0.0646. The number of aryl methyl sites for hydroxylation is 1. The van der Waals surface area contributed by atoms with E-state index in [-0.39, 0.29) is 6.29 Å². The summed E-state index contributed by atoms with van der Waals surface area (Å²) < 4.78 is 11.8. The highest BCUT2D eigenvalue weighted by atomic mass is 16.7. The van der Waals surface area contributed by atoms with E-state index in [1.54, 1.807) is 5.56 Å². The third-order valence-corrected chi connectivity index (χ3v) is 7.44. The first kappa shape index (κ1) is 18.5. The third-order valence-electron chi connectivity index (χ3n) is 7.44. The van der Waals surface area contributed by atoms with Gasteiger partial charge < -0.3 is 9.47 Å². The second-order valence-electron chi connectivity index (χ2n) is 9.04. The Hall–Kier alpha value is -0.860. The summed E-state index contributed by atoms with van der Waals surface area (Å²) in [5.41, 5.74) is 2.95. The van der Waals surface area contributed by atoms with Crippen LogP contribution in [0.15, 0.2) is 24.3 Å². The molecule has 0 aromatic heterocycles. The molecule has 0 amide bonds. The molecule has 2 atom stereocenters. The standard InChI is InChI=1S/C24H36O2/c1-3-24-25-16-23(26-24)22-14-12-21(13-15-22)20-10-8-19(9-11-20)18-6-4-17(2)5-7-18/h4-7,19-24H,3,8-16H2,1-2H3. The van der Waals surface area contributed by atoms with E-state index in [2.05, 4.69) is 38.1 Å². The molecule has 0 bridgehead atoms. The lowest BCUT2D eigenvalue weighted by atomic mass is 9.68. The van der Waals surface area contributed by atoms with Crippen LogP contribution in [0.3, 0.4) is 0 Å². The molecule has 1 saturated heterocycles. The highest BCUT2D eigenvalue weighted by molar-refractivity contribution is 5.24. The Balaban J connectivity index is 1.23. The van der Waals surface area contributed by atoms with Crippen molar-refractivity contribution in [3.63, 3.8) is 0 Å². The lowest BCUT2D eigenvalue weighted by Crippen LogP contribution is -2.31. The first-order chi connectivity index (χ1) is 12.7. The van der Waals surface area contributed by atoms with Crippen LogP contribution in [-0.4, -0.2) is 19.0 Å². The molecule has 1 aromatic carbocycles. The van der Waals surface area contributed by atoms with Crippen LogP contribution in [0, 0.1) is 24.7 Å². The van der Waals surface area contributed by atoms with Gasteiger partial charge in [0, 0.05) is 0 Å². The molecule has 144 valence electrons. The quantitative estimate of drug-likeness (QED) is 0.637. The number of rotatable bonds is 4. The van der Waals surface area contributed by atoms with E-state index in [1.807, 2.05) is 0 Å². The average molecular weight is 357 g/mol. The molecule has 2 nitrogen and oxygen atoms in total. The maximum Gasteiger partial charge on any atom is 0.157 e. The van der Waals surface area contributed by atoms with Gasteiger partial charge in [-0.2, -0.15) is 0 Å². The zero-order chi connectivity index (χ0) is 17.9. The molecule has 2 heteroatoms. The fourth-order valence-corrected chi connectivity index (χ4v) is 5.69. The van der Waals surface area contributed by atoms with Gasteiger partial charge in [0.2, 0.25) is 0 Å². The van der Waals surface area contributed by atoms with Crippen LogP contribution in [0.4, 0.5) is 0 Å². The predicted octanol–water partition coefficient (Wildman–Crippen LogP) is 6.23. The molecular weight excluding hydrogens is 320 g/mol. The van der Waals surface area contributed by atoms with Gasteiger partial charge in [-0.15, -0.1) is 0 Å². The summed E-state index contributed by atoms with van der Waals surface area (Å²) in [5, 5.41) is 0. The van der Waals surface area contributed by atoms with E-state index in [0.717, 1.165) is 36.7 Å². The molecule has 0 radical (unpaired) electrons. The zero-order valence-electron chi connectivity index (χ0n) is 16.7. The Labute approximate surface area is 159 Å². The molecule has 1 aromatic rings. The molecule has 3 aliphatic rings. The van der Waals surface area contributed by atoms with Crippen LogP contribution >= 0.6 is 0 Å². The minimum absolute atomic E-state index is 0.0646. The van der Waals surface area contributed by atoms with Gasteiger partial charge in [0.1, 0.15) is 0 Å². The van der Waals surface area contributed by atoms with Crippen molar-refractivity contribution in [2.45, 2.75) is 89.9 Å². The van der Waals surface area contributed by atoms with Crippen molar-refractivity contribution in [1.29, 1.82) is 0 Å². The van der Waals surface area contributed by atoms with Crippen LogP contribution in [-0.2, 0) is 9.47 Å². The van der Waals surface area contributed by atoms with Crippen molar-refractivity contribution in [2.75, 3.05) is 6.61 Å². The van der Waals surface area contributed by atoms with Crippen molar-refractivity contribution in [2.24, 2.45) is 17.8 Å². The van der Waals surface area contributed by atoms with Crippen molar-refractivity contribution < 1.29 is 9.47 Å². The summed E-state index contributed by atoms with van der Waals surface area (Å²) in [7, 11) is 0. The fraction of sp³-hybridized carbons (Fsp3) is 0.750. The fourth-order valence-electron chi connectivity index (χ4n) is 5.69. The molecule has 1 heterocycles. The van der Waals surface area contributed by atoms with Crippen molar-refractivity contribution in [1.82, 2.24) is 0 Å². The van der Waals surface area contributed by atoms with E-state index < -0.39 is 0 Å². The summed E-state index contributed by atoms with van der Waals surface area (Å²) in [6.07, 6.45) is 12.6. The summed E-state index contributed by atoms with van der Waals surface area (Å²) in [5.74, 6) is 3.49. The normalized spacial score (nSPS) is 38.4. The molecule has 2 unspecified atom stereocenters. The number of ether oxygens (including phenoxy) is 2. The number of benzene rings is 1. The highest BCUT2D eigenvalue weighted by Crippen LogP contribution is 2.45. The SMILES string of the molecule is CCC1OCC(C2CCC(C3CCC(c4ccc(C)cc4)CC3)CC2)O1. The first-order valence-electron chi connectivity index (χ1n) is 11.1. The second-order valence-corrected chi connectivity index (χ2v) is 9.04. The largest absolute Gasteiger partial charge is 0.350 e. The van der Waals surface area contributed by atoms with E-state index in [0.29, 0.717) is 6.10 Å². The van der Waals surface area contributed by atoms with Crippen LogP contribution in [0.25, 0.3) is 0 Å². The summed E-state index contributed by atoms with van der Waals surface area (Å²) in [4.78, 5) is 0. The van der Waals surface area contributed by atoms with Gasteiger partial charge >= 0.3 is 0 Å². The first-order valence-corrected chi connectivity index (χ1v) is 11.1. The molecule has 1 aliphatic heterocycles. The maximum absolute atomic E-state index is 6.08. The molecule has 26 heavy (non-hydrogen) atoms. The predicted molar refractivity (Wildman–Crippen MR) is 106 cm³/mol. The van der Waals surface area contributed by atoms with Gasteiger partial charge in [-0.05, 0) is 93.9 Å². The molecular formula is C24H36O2. The summed E-state index contributed by atoms with van der Waals surface area (Å²) in [6, 6.07) is 9.28. The van der Waals surface area contributed by atoms with E-state index in [1.165, 1.54) is 56.9 Å². The van der Waals surface area contributed by atoms with Gasteiger partial charge in [-0.25, -0.2) is 0 Å². The Morgan fingerprint density at radius 1 is 0.808 bits per heavy atom. The Kier molecular flexibility index (Phi) is 6.00. The van der Waals surface area contributed by atoms with Gasteiger partial charge in [0.05, 0.1) is 12.7 Å². The smallest absolute Gasteiger partial charge is 0.157 e. The number of hydrogen-bond donors (Lipinski definition) is 0. The molecule has 2 aliphatic carbocycles. The summed E-state index contributed by atoms with van der Waals surface area (Å²) >= 11 is 0.